The molecule has 0 aliphatic heterocycles. The van der Waals surface area contributed by atoms with Gasteiger partial charge in [-0.15, -0.1) is 0 Å². The highest BCUT2D eigenvalue weighted by Gasteiger charge is 2.26. The Labute approximate surface area is 136 Å². The molecule has 2 aromatic heterocycles. The largest absolute Gasteiger partial charge is 0.399 e. The van der Waals surface area contributed by atoms with Crippen molar-refractivity contribution in [3.05, 3.63) is 48.0 Å². The molecule has 0 amide bonds. The molecule has 0 aliphatic carbocycles. The number of imidazole rings is 2. The van der Waals surface area contributed by atoms with E-state index in [1.54, 1.807) is 36.4 Å². The molecule has 24 heavy (non-hydrogen) atoms. The van der Waals surface area contributed by atoms with Crippen molar-refractivity contribution in [2.24, 2.45) is 0 Å². The van der Waals surface area contributed by atoms with Crippen molar-refractivity contribution in [2.45, 2.75) is 12.2 Å². The monoisotopic (exact) mass is 324 g/mol. The maximum atomic E-state index is 10.4. The number of nitrogens with one attached hydrogen (secondary N) is 2. The highest BCUT2D eigenvalue weighted by molar-refractivity contribution is 5.79. The Morgan fingerprint density at radius 3 is 1.58 bits per heavy atom. The van der Waals surface area contributed by atoms with Gasteiger partial charge < -0.3 is 31.6 Å². The summed E-state index contributed by atoms with van der Waals surface area (Å²) in [6.07, 6.45) is -2.53. The lowest BCUT2D eigenvalue weighted by Gasteiger charge is -2.13. The lowest BCUT2D eigenvalue weighted by molar-refractivity contribution is 0.00780. The topological polar surface area (TPSA) is 150 Å². The van der Waals surface area contributed by atoms with Crippen LogP contribution >= 0.6 is 0 Å². The molecule has 0 bridgehead atoms. The van der Waals surface area contributed by atoms with Crippen LogP contribution in [0.1, 0.15) is 23.9 Å². The number of nitrogens with two attached hydrogens (primary N) is 2. The summed E-state index contributed by atoms with van der Waals surface area (Å²) in [7, 11) is 0. The molecule has 4 aromatic rings. The first-order valence-corrected chi connectivity index (χ1v) is 7.37. The molecular formula is C16H16N6O2. The van der Waals surface area contributed by atoms with Gasteiger partial charge in [-0.3, -0.25) is 0 Å². The number of hydrogen-bond acceptors (Lipinski definition) is 6. The number of nitrogens with zero attached hydrogens (tertiary/aromatic N) is 2. The van der Waals surface area contributed by atoms with E-state index in [-0.39, 0.29) is 11.6 Å². The lowest BCUT2D eigenvalue weighted by Crippen LogP contribution is -2.13. The van der Waals surface area contributed by atoms with Crippen molar-refractivity contribution >= 4 is 33.4 Å². The van der Waals surface area contributed by atoms with Crippen LogP contribution in [-0.2, 0) is 0 Å². The average molecular weight is 324 g/mol. The molecule has 8 heteroatoms. The molecule has 0 saturated heterocycles. The van der Waals surface area contributed by atoms with E-state index in [1.165, 1.54) is 0 Å². The van der Waals surface area contributed by atoms with E-state index in [1.807, 2.05) is 0 Å². The van der Waals surface area contributed by atoms with Crippen LogP contribution in [-0.4, -0.2) is 30.1 Å². The Morgan fingerprint density at radius 1 is 0.750 bits per heavy atom. The van der Waals surface area contributed by atoms with Crippen molar-refractivity contribution in [3.63, 3.8) is 0 Å². The number of fused-ring (bicyclic) bond motifs is 2. The number of anilines is 2. The number of aromatic nitrogens is 4. The molecule has 8 N–H and O–H groups in total. The summed E-state index contributed by atoms with van der Waals surface area (Å²) in [4.78, 5) is 14.5. The van der Waals surface area contributed by atoms with Crippen LogP contribution in [0, 0.1) is 0 Å². The van der Waals surface area contributed by atoms with E-state index in [2.05, 4.69) is 19.9 Å². The van der Waals surface area contributed by atoms with E-state index in [9.17, 15) is 10.2 Å². The molecule has 0 unspecified atom stereocenters. The standard InChI is InChI=1S/C16H16N6O2/c17-7-1-3-9-11(5-7)21-15(19-9)13(23)14(24)16-20-10-4-2-8(18)6-12(10)22-16/h1-6,13-14,23-24H,17-18H2,(H,19,21)(H,20,22)/t13-,14-/m0/s1. The number of rotatable bonds is 3. The van der Waals surface area contributed by atoms with Crippen LogP contribution < -0.4 is 11.5 Å². The van der Waals surface area contributed by atoms with Crippen molar-refractivity contribution in [1.82, 2.24) is 19.9 Å². The Bertz CT molecular complexity index is 954. The molecule has 8 nitrogen and oxygen atoms in total. The smallest absolute Gasteiger partial charge is 0.145 e. The van der Waals surface area contributed by atoms with Gasteiger partial charge in [0.1, 0.15) is 23.9 Å². The zero-order valence-electron chi connectivity index (χ0n) is 12.6. The van der Waals surface area contributed by atoms with Gasteiger partial charge in [0.2, 0.25) is 0 Å². The van der Waals surface area contributed by atoms with Crippen molar-refractivity contribution in [1.29, 1.82) is 0 Å². The second-order valence-electron chi connectivity index (χ2n) is 5.69. The van der Waals surface area contributed by atoms with Crippen LogP contribution in [0.2, 0.25) is 0 Å². The van der Waals surface area contributed by atoms with E-state index in [0.717, 1.165) is 0 Å². The molecule has 2 heterocycles. The quantitative estimate of drug-likeness (QED) is 0.313. The minimum absolute atomic E-state index is 0.239. The minimum Gasteiger partial charge on any atom is -0.399 e. The third-order valence-electron chi connectivity index (χ3n) is 3.91. The summed E-state index contributed by atoms with van der Waals surface area (Å²) >= 11 is 0. The molecule has 0 saturated carbocycles. The predicted molar refractivity (Wildman–Crippen MR) is 90.9 cm³/mol. The van der Waals surface area contributed by atoms with E-state index in [0.29, 0.717) is 33.4 Å². The van der Waals surface area contributed by atoms with Gasteiger partial charge in [0.05, 0.1) is 22.1 Å². The SMILES string of the molecule is Nc1ccc2nc([C@@H](O)[C@H](O)c3nc4ccc(N)cc4[nH]3)[nH]c2c1. The zero-order valence-corrected chi connectivity index (χ0v) is 12.6. The number of benzene rings is 2. The van der Waals surface area contributed by atoms with Gasteiger partial charge in [0.25, 0.3) is 0 Å². The Hall–Kier alpha value is -3.10. The van der Waals surface area contributed by atoms with E-state index in [4.69, 9.17) is 11.5 Å². The van der Waals surface area contributed by atoms with E-state index >= 15 is 0 Å². The first-order chi connectivity index (χ1) is 11.5. The van der Waals surface area contributed by atoms with Gasteiger partial charge >= 0.3 is 0 Å². The summed E-state index contributed by atoms with van der Waals surface area (Å²) in [6, 6.07) is 10.4. The summed E-state index contributed by atoms with van der Waals surface area (Å²) in [6.45, 7) is 0. The molecular weight excluding hydrogens is 308 g/mol. The highest BCUT2D eigenvalue weighted by Crippen LogP contribution is 2.29. The van der Waals surface area contributed by atoms with Gasteiger partial charge in [-0.05, 0) is 36.4 Å². The summed E-state index contributed by atoms with van der Waals surface area (Å²) in [5.41, 5.74) is 15.3. The van der Waals surface area contributed by atoms with E-state index < -0.39 is 12.2 Å². The van der Waals surface area contributed by atoms with Gasteiger partial charge in [0, 0.05) is 11.4 Å². The molecule has 122 valence electrons. The van der Waals surface area contributed by atoms with Crippen molar-refractivity contribution in [2.75, 3.05) is 11.5 Å². The zero-order chi connectivity index (χ0) is 16.8. The molecule has 0 radical (unpaired) electrons. The Kier molecular flexibility index (Phi) is 3.15. The molecule has 4 rings (SSSR count). The number of nitrogen functional groups attached to an aromatic ring is 2. The highest BCUT2D eigenvalue weighted by atomic mass is 16.3. The van der Waals surface area contributed by atoms with Crippen LogP contribution in [0.4, 0.5) is 11.4 Å². The number of hydrogen-bond donors (Lipinski definition) is 6. The molecule has 0 aliphatic rings. The first-order valence-electron chi connectivity index (χ1n) is 7.37. The summed E-state index contributed by atoms with van der Waals surface area (Å²) in [5.74, 6) is 0.478. The normalized spacial score (nSPS) is 14.2. The van der Waals surface area contributed by atoms with Crippen LogP contribution in [0.15, 0.2) is 36.4 Å². The fourth-order valence-corrected chi connectivity index (χ4v) is 2.67. The predicted octanol–water partition coefficient (Wildman–Crippen LogP) is 1.37. The maximum absolute atomic E-state index is 10.4. The third-order valence-corrected chi connectivity index (χ3v) is 3.91. The molecule has 0 fully saturated rings. The summed E-state index contributed by atoms with van der Waals surface area (Å²) < 4.78 is 0. The third kappa shape index (κ3) is 2.34. The van der Waals surface area contributed by atoms with Crippen LogP contribution in [0.5, 0.6) is 0 Å². The number of aliphatic hydroxyl groups is 2. The van der Waals surface area contributed by atoms with Crippen LogP contribution in [0.25, 0.3) is 22.1 Å². The van der Waals surface area contributed by atoms with Crippen molar-refractivity contribution < 1.29 is 10.2 Å². The number of H-pyrrole nitrogens is 2. The Morgan fingerprint density at radius 2 is 1.17 bits per heavy atom. The fourth-order valence-electron chi connectivity index (χ4n) is 2.67. The second kappa shape index (κ2) is 5.22. The number of aromatic amines is 2. The van der Waals surface area contributed by atoms with Gasteiger partial charge in [0.15, 0.2) is 0 Å². The lowest BCUT2D eigenvalue weighted by atomic mass is 10.2. The molecule has 2 atom stereocenters. The van der Waals surface area contributed by atoms with Crippen molar-refractivity contribution in [3.8, 4) is 0 Å². The minimum atomic E-state index is -1.27. The molecule has 0 spiro atoms. The van der Waals surface area contributed by atoms with Gasteiger partial charge in [-0.2, -0.15) is 0 Å². The maximum Gasteiger partial charge on any atom is 0.145 e. The van der Waals surface area contributed by atoms with Gasteiger partial charge in [-0.25, -0.2) is 9.97 Å². The fraction of sp³-hybridized carbons (Fsp3) is 0.125. The second-order valence-corrected chi connectivity index (χ2v) is 5.69. The van der Waals surface area contributed by atoms with Gasteiger partial charge in [-0.1, -0.05) is 0 Å². The van der Waals surface area contributed by atoms with Crippen LogP contribution in [0.3, 0.4) is 0 Å². The first kappa shape index (κ1) is 14.5. The summed E-state index contributed by atoms with van der Waals surface area (Å²) in [5, 5.41) is 20.9. The number of aliphatic hydroxyl groups excluding tert-OH is 2. The average Bonchev–Trinajstić information content (AvgIpc) is 3.16. The Balaban J connectivity index is 1.69. The molecule has 2 aromatic carbocycles.